The Kier molecular flexibility index (Phi) is 9.63. The molecule has 9 heteroatoms. The molecular weight excluding hydrogens is 546 g/mol. The Balaban J connectivity index is 1.76. The van der Waals surface area contributed by atoms with Gasteiger partial charge in [-0.1, -0.05) is 55.5 Å². The maximum atomic E-state index is 14.6. The number of para-hydroxylation sites is 1. The summed E-state index contributed by atoms with van der Waals surface area (Å²) in [6.45, 7) is 8.99. The quantitative estimate of drug-likeness (QED) is 0.278. The number of aryl methyl sites for hydroxylation is 1. The van der Waals surface area contributed by atoms with E-state index in [4.69, 9.17) is 9.47 Å². The fourth-order valence-corrected chi connectivity index (χ4v) is 5.06. The van der Waals surface area contributed by atoms with Gasteiger partial charge in [0.05, 0.1) is 7.11 Å². The van der Waals surface area contributed by atoms with E-state index in [-0.39, 0.29) is 24.1 Å². The summed E-state index contributed by atoms with van der Waals surface area (Å²) in [4.78, 5) is 43.3. The number of hydrogen-bond donors (Lipinski definition) is 3. The number of phenols is 1. The van der Waals surface area contributed by atoms with Crippen molar-refractivity contribution < 1.29 is 29.0 Å². The molecule has 0 bridgehead atoms. The van der Waals surface area contributed by atoms with Gasteiger partial charge in [0, 0.05) is 23.7 Å². The lowest BCUT2D eigenvalue weighted by molar-refractivity contribution is -0.141. The average molecular weight is 588 g/mol. The third-order valence-corrected chi connectivity index (χ3v) is 7.40. The fourth-order valence-electron chi connectivity index (χ4n) is 5.06. The molecule has 228 valence electrons. The van der Waals surface area contributed by atoms with Gasteiger partial charge in [0.15, 0.2) is 0 Å². The van der Waals surface area contributed by atoms with E-state index >= 15 is 0 Å². The number of alkyl carbamates (subject to hydrolysis) is 1. The predicted octanol–water partition coefficient (Wildman–Crippen LogP) is 5.76. The summed E-state index contributed by atoms with van der Waals surface area (Å²) in [5.74, 6) is -0.255. The van der Waals surface area contributed by atoms with Crippen LogP contribution in [0.2, 0.25) is 0 Å². The SMILES string of the molecule is COc1ccc(NC(=O)C(c2cccc(C)c2O)N(C(=O)C(Cc2ccccc2)NC(=O)OC(C)(C)C)C2CC2C)cc1. The van der Waals surface area contributed by atoms with E-state index in [2.05, 4.69) is 10.6 Å². The number of phenolic OH excluding ortho intramolecular Hbond substituents is 1. The van der Waals surface area contributed by atoms with Crippen LogP contribution in [0.5, 0.6) is 11.5 Å². The van der Waals surface area contributed by atoms with Gasteiger partial charge in [0.2, 0.25) is 5.91 Å². The van der Waals surface area contributed by atoms with E-state index in [9.17, 15) is 19.5 Å². The number of carbonyl (C=O) groups is 3. The van der Waals surface area contributed by atoms with Crippen LogP contribution in [0.1, 0.15) is 56.8 Å². The van der Waals surface area contributed by atoms with Crippen molar-refractivity contribution in [1.29, 1.82) is 0 Å². The van der Waals surface area contributed by atoms with Crippen LogP contribution in [-0.2, 0) is 20.7 Å². The summed E-state index contributed by atoms with van der Waals surface area (Å²) in [5.41, 5.74) is 1.44. The van der Waals surface area contributed by atoms with Gasteiger partial charge in [-0.05, 0) is 75.4 Å². The minimum absolute atomic E-state index is 0.0665. The maximum absolute atomic E-state index is 14.6. The van der Waals surface area contributed by atoms with Crippen molar-refractivity contribution >= 4 is 23.6 Å². The molecule has 3 aromatic rings. The minimum Gasteiger partial charge on any atom is -0.507 e. The molecule has 0 saturated heterocycles. The molecule has 1 saturated carbocycles. The Morgan fingerprint density at radius 2 is 1.65 bits per heavy atom. The number of nitrogens with zero attached hydrogens (tertiary/aromatic N) is 1. The Morgan fingerprint density at radius 3 is 2.23 bits per heavy atom. The molecule has 3 amide bonds. The monoisotopic (exact) mass is 587 g/mol. The van der Waals surface area contributed by atoms with Crippen molar-refractivity contribution in [3.63, 3.8) is 0 Å². The Bertz CT molecular complexity index is 1430. The Morgan fingerprint density at radius 1 is 1.00 bits per heavy atom. The maximum Gasteiger partial charge on any atom is 0.408 e. The van der Waals surface area contributed by atoms with Gasteiger partial charge < -0.3 is 30.1 Å². The lowest BCUT2D eigenvalue weighted by atomic mass is 9.97. The number of ether oxygens (including phenoxy) is 2. The molecule has 9 nitrogen and oxygen atoms in total. The summed E-state index contributed by atoms with van der Waals surface area (Å²) in [6.07, 6.45) is 0.126. The molecular formula is C34H41N3O6. The number of benzene rings is 3. The van der Waals surface area contributed by atoms with Gasteiger partial charge >= 0.3 is 6.09 Å². The molecule has 1 aliphatic rings. The molecule has 0 radical (unpaired) electrons. The summed E-state index contributed by atoms with van der Waals surface area (Å²) in [6, 6.07) is 18.9. The third-order valence-electron chi connectivity index (χ3n) is 7.40. The van der Waals surface area contributed by atoms with E-state index in [0.29, 0.717) is 29.0 Å². The van der Waals surface area contributed by atoms with Crippen LogP contribution in [0, 0.1) is 12.8 Å². The number of hydrogen-bond acceptors (Lipinski definition) is 6. The summed E-state index contributed by atoms with van der Waals surface area (Å²) in [5, 5.41) is 16.9. The topological polar surface area (TPSA) is 117 Å². The van der Waals surface area contributed by atoms with E-state index in [0.717, 1.165) is 5.56 Å². The fraction of sp³-hybridized carbons (Fsp3) is 0.382. The van der Waals surface area contributed by atoms with E-state index in [1.54, 1.807) is 77.3 Å². The van der Waals surface area contributed by atoms with Gasteiger partial charge in [-0.15, -0.1) is 0 Å². The highest BCUT2D eigenvalue weighted by Crippen LogP contribution is 2.43. The highest BCUT2D eigenvalue weighted by molar-refractivity contribution is 5.99. The van der Waals surface area contributed by atoms with Crippen LogP contribution in [0.25, 0.3) is 0 Å². The second-order valence-electron chi connectivity index (χ2n) is 12.0. The van der Waals surface area contributed by atoms with Gasteiger partial charge in [-0.25, -0.2) is 4.79 Å². The normalized spacial score (nSPS) is 17.3. The molecule has 4 unspecified atom stereocenters. The molecule has 1 fully saturated rings. The number of rotatable bonds is 10. The van der Waals surface area contributed by atoms with Crippen molar-refractivity contribution in [1.82, 2.24) is 10.2 Å². The standard InChI is InChI=1S/C34H41N3O6/c1-21-11-10-14-26(30(21)38)29(31(39)35-24-15-17-25(42-6)18-16-24)37(28-19-22(28)2)32(40)27(20-23-12-8-7-9-13-23)36-33(41)43-34(3,4)5/h7-18,22,27-29,38H,19-20H2,1-6H3,(H,35,39)(H,36,41). The highest BCUT2D eigenvalue weighted by Gasteiger charge is 2.49. The summed E-state index contributed by atoms with van der Waals surface area (Å²) in [7, 11) is 1.56. The van der Waals surface area contributed by atoms with Crippen LogP contribution < -0.4 is 15.4 Å². The minimum atomic E-state index is -1.18. The van der Waals surface area contributed by atoms with Crippen LogP contribution >= 0.6 is 0 Å². The third kappa shape index (κ3) is 8.06. The second kappa shape index (κ2) is 13.2. The molecule has 0 aromatic heterocycles. The van der Waals surface area contributed by atoms with Gasteiger partial charge in [0.1, 0.15) is 29.2 Å². The zero-order chi connectivity index (χ0) is 31.3. The Labute approximate surface area is 253 Å². The number of amides is 3. The molecule has 1 aliphatic carbocycles. The zero-order valence-corrected chi connectivity index (χ0v) is 25.6. The van der Waals surface area contributed by atoms with E-state index < -0.39 is 35.6 Å². The first-order valence-electron chi connectivity index (χ1n) is 14.5. The van der Waals surface area contributed by atoms with Crippen molar-refractivity contribution in [3.8, 4) is 11.5 Å². The second-order valence-corrected chi connectivity index (χ2v) is 12.0. The van der Waals surface area contributed by atoms with Crippen molar-refractivity contribution in [3.05, 3.63) is 89.5 Å². The highest BCUT2D eigenvalue weighted by atomic mass is 16.6. The molecule has 4 atom stereocenters. The number of carbonyl (C=O) groups excluding carboxylic acids is 3. The van der Waals surface area contributed by atoms with Gasteiger partial charge in [-0.2, -0.15) is 0 Å². The van der Waals surface area contributed by atoms with Crippen molar-refractivity contribution in [2.24, 2.45) is 5.92 Å². The molecule has 3 N–H and O–H groups in total. The van der Waals surface area contributed by atoms with Gasteiger partial charge in [0.25, 0.3) is 5.91 Å². The van der Waals surface area contributed by atoms with Crippen LogP contribution in [0.15, 0.2) is 72.8 Å². The predicted molar refractivity (Wildman–Crippen MR) is 165 cm³/mol. The van der Waals surface area contributed by atoms with Crippen LogP contribution in [-0.4, -0.2) is 52.7 Å². The first kappa shape index (κ1) is 31.4. The molecule has 0 aliphatic heterocycles. The van der Waals surface area contributed by atoms with E-state index in [1.807, 2.05) is 37.3 Å². The number of anilines is 1. The first-order valence-corrected chi connectivity index (χ1v) is 14.5. The molecule has 0 spiro atoms. The largest absolute Gasteiger partial charge is 0.507 e. The zero-order valence-electron chi connectivity index (χ0n) is 25.6. The summed E-state index contributed by atoms with van der Waals surface area (Å²) < 4.78 is 10.7. The number of nitrogens with one attached hydrogen (secondary N) is 2. The van der Waals surface area contributed by atoms with Crippen molar-refractivity contribution in [2.75, 3.05) is 12.4 Å². The molecule has 3 aromatic carbocycles. The smallest absolute Gasteiger partial charge is 0.408 e. The molecule has 43 heavy (non-hydrogen) atoms. The lowest BCUT2D eigenvalue weighted by Gasteiger charge is -2.35. The number of methoxy groups -OCH3 is 1. The molecule has 4 rings (SSSR count). The lowest BCUT2D eigenvalue weighted by Crippen LogP contribution is -2.54. The van der Waals surface area contributed by atoms with Crippen LogP contribution in [0.4, 0.5) is 10.5 Å². The Hall–Kier alpha value is -4.53. The molecule has 0 heterocycles. The number of aromatic hydroxyl groups is 1. The van der Waals surface area contributed by atoms with E-state index in [1.165, 1.54) is 4.90 Å². The first-order chi connectivity index (χ1) is 20.4. The van der Waals surface area contributed by atoms with Gasteiger partial charge in [-0.3, -0.25) is 9.59 Å². The average Bonchev–Trinajstić information content (AvgIpc) is 3.68. The van der Waals surface area contributed by atoms with Crippen molar-refractivity contribution in [2.45, 2.75) is 71.2 Å². The van der Waals surface area contributed by atoms with Crippen LogP contribution in [0.3, 0.4) is 0 Å². The summed E-state index contributed by atoms with van der Waals surface area (Å²) >= 11 is 0.